The van der Waals surface area contributed by atoms with E-state index in [0.717, 1.165) is 28.8 Å². The lowest BCUT2D eigenvalue weighted by Crippen LogP contribution is -3.00. The van der Waals surface area contributed by atoms with E-state index >= 15 is 0 Å². The van der Waals surface area contributed by atoms with Gasteiger partial charge in [0.1, 0.15) is 18.7 Å². The minimum absolute atomic E-state index is 0. The molecule has 0 spiro atoms. The molecular formula is C24H25ClF3NO. The number of halogens is 4. The molecule has 2 unspecified atom stereocenters. The lowest BCUT2D eigenvalue weighted by Gasteiger charge is -2.41. The van der Waals surface area contributed by atoms with Crippen LogP contribution in [0.15, 0.2) is 84.9 Å². The van der Waals surface area contributed by atoms with Crippen molar-refractivity contribution in [3.63, 3.8) is 0 Å². The van der Waals surface area contributed by atoms with Gasteiger partial charge in [-0.15, -0.1) is 0 Å². The number of quaternary nitrogens is 1. The van der Waals surface area contributed by atoms with E-state index in [-0.39, 0.29) is 18.4 Å². The summed E-state index contributed by atoms with van der Waals surface area (Å²) in [5, 5.41) is 11.2. The molecule has 0 amide bonds. The molecule has 160 valence electrons. The number of rotatable bonds is 6. The van der Waals surface area contributed by atoms with Crippen LogP contribution in [0.3, 0.4) is 0 Å². The number of hydrogen-bond acceptors (Lipinski definition) is 1. The van der Waals surface area contributed by atoms with Crippen LogP contribution in [-0.2, 0) is 12.7 Å². The zero-order chi connectivity index (χ0) is 21.1. The van der Waals surface area contributed by atoms with Gasteiger partial charge in [-0.25, -0.2) is 0 Å². The molecule has 0 aromatic heterocycles. The Balaban J connectivity index is 0.00000320. The van der Waals surface area contributed by atoms with Crippen LogP contribution in [0.5, 0.6) is 0 Å². The van der Waals surface area contributed by atoms with Gasteiger partial charge in [-0.05, 0) is 17.7 Å². The zero-order valence-electron chi connectivity index (χ0n) is 16.9. The molecule has 6 heteroatoms. The van der Waals surface area contributed by atoms with E-state index in [4.69, 9.17) is 0 Å². The van der Waals surface area contributed by atoms with Crippen molar-refractivity contribution in [3.05, 3.63) is 107 Å². The number of aliphatic hydroxyl groups is 1. The molecule has 0 aliphatic rings. The first-order valence-corrected chi connectivity index (χ1v) is 9.45. The second kappa shape index (κ2) is 9.65. The highest BCUT2D eigenvalue weighted by atomic mass is 35.5. The monoisotopic (exact) mass is 435 g/mol. The first-order valence-electron chi connectivity index (χ1n) is 9.45. The third kappa shape index (κ3) is 5.63. The predicted octanol–water partition coefficient (Wildman–Crippen LogP) is 2.76. The molecule has 0 saturated heterocycles. The van der Waals surface area contributed by atoms with Crippen molar-refractivity contribution < 1.29 is 35.2 Å². The number of alkyl halides is 3. The first-order chi connectivity index (χ1) is 13.7. The van der Waals surface area contributed by atoms with Crippen LogP contribution in [0, 0.1) is 0 Å². The van der Waals surface area contributed by atoms with Crippen LogP contribution in [-0.4, -0.2) is 23.7 Å². The average molecular weight is 436 g/mol. The van der Waals surface area contributed by atoms with Crippen LogP contribution in [0.1, 0.15) is 34.4 Å². The van der Waals surface area contributed by atoms with Crippen molar-refractivity contribution in [2.45, 2.75) is 24.9 Å². The summed E-state index contributed by atoms with van der Waals surface area (Å²) >= 11 is 0. The quantitative estimate of drug-likeness (QED) is 0.590. The minimum Gasteiger partial charge on any atom is -1.00 e. The summed E-state index contributed by atoms with van der Waals surface area (Å²) in [4.78, 5) is 0. The van der Waals surface area contributed by atoms with E-state index in [1.165, 1.54) is 12.1 Å². The second-order valence-electron chi connectivity index (χ2n) is 7.84. The van der Waals surface area contributed by atoms with Crippen LogP contribution < -0.4 is 12.4 Å². The van der Waals surface area contributed by atoms with Crippen LogP contribution in [0.2, 0.25) is 0 Å². The number of aliphatic hydroxyl groups excluding tert-OH is 1. The Kier molecular flexibility index (Phi) is 7.70. The molecule has 0 saturated carbocycles. The fourth-order valence-corrected chi connectivity index (χ4v) is 3.82. The van der Waals surface area contributed by atoms with Gasteiger partial charge in [0.05, 0.1) is 19.7 Å². The van der Waals surface area contributed by atoms with Crippen molar-refractivity contribution in [3.8, 4) is 0 Å². The third-order valence-corrected chi connectivity index (χ3v) is 5.21. The molecule has 3 aromatic carbocycles. The Morgan fingerprint density at radius 3 is 1.70 bits per heavy atom. The molecule has 0 aliphatic heterocycles. The molecule has 1 N–H and O–H groups in total. The van der Waals surface area contributed by atoms with E-state index < -0.39 is 17.8 Å². The molecule has 3 aromatic rings. The van der Waals surface area contributed by atoms with Gasteiger partial charge in [0.25, 0.3) is 0 Å². The molecule has 0 aliphatic carbocycles. The van der Waals surface area contributed by atoms with Gasteiger partial charge in [0, 0.05) is 11.1 Å². The highest BCUT2D eigenvalue weighted by molar-refractivity contribution is 5.26. The Bertz CT molecular complexity index is 913. The molecule has 3 rings (SSSR count). The summed E-state index contributed by atoms with van der Waals surface area (Å²) in [5.74, 6) is 0. The van der Waals surface area contributed by atoms with Gasteiger partial charge < -0.3 is 22.0 Å². The van der Waals surface area contributed by atoms with Crippen LogP contribution >= 0.6 is 0 Å². The van der Waals surface area contributed by atoms with E-state index in [2.05, 4.69) is 0 Å². The molecule has 0 fully saturated rings. The topological polar surface area (TPSA) is 20.2 Å². The summed E-state index contributed by atoms with van der Waals surface area (Å²) in [7, 11) is 3.98. The molecular weight excluding hydrogens is 411 g/mol. The molecule has 0 radical (unpaired) electrons. The fourth-order valence-electron chi connectivity index (χ4n) is 3.82. The number of likely N-dealkylation sites (N-methyl/N-ethyl adjacent to an activating group) is 1. The zero-order valence-corrected chi connectivity index (χ0v) is 17.6. The molecule has 2 atom stereocenters. The second-order valence-corrected chi connectivity index (χ2v) is 7.84. The number of nitrogens with zero attached hydrogens (tertiary/aromatic N) is 1. The summed E-state index contributed by atoms with van der Waals surface area (Å²) in [6, 6.07) is 24.1. The Morgan fingerprint density at radius 2 is 1.23 bits per heavy atom. The van der Waals surface area contributed by atoms with Crippen molar-refractivity contribution in [1.82, 2.24) is 0 Å². The van der Waals surface area contributed by atoms with Gasteiger partial charge in [0.2, 0.25) is 0 Å². The predicted molar refractivity (Wildman–Crippen MR) is 108 cm³/mol. The highest BCUT2D eigenvalue weighted by Crippen LogP contribution is 2.38. The van der Waals surface area contributed by atoms with E-state index in [1.54, 1.807) is 0 Å². The maximum atomic E-state index is 12.9. The number of hydrogen-bond donors (Lipinski definition) is 1. The van der Waals surface area contributed by atoms with Crippen LogP contribution in [0.25, 0.3) is 0 Å². The van der Waals surface area contributed by atoms with E-state index in [0.29, 0.717) is 11.0 Å². The van der Waals surface area contributed by atoms with Crippen molar-refractivity contribution >= 4 is 0 Å². The van der Waals surface area contributed by atoms with Crippen LogP contribution in [0.4, 0.5) is 13.2 Å². The molecule has 30 heavy (non-hydrogen) atoms. The summed E-state index contributed by atoms with van der Waals surface area (Å²) < 4.78 is 39.0. The normalized spacial score (nSPS) is 13.9. The largest absolute Gasteiger partial charge is 1.00 e. The Labute approximate surface area is 181 Å². The van der Waals surface area contributed by atoms with Gasteiger partial charge in [-0.3, -0.25) is 0 Å². The van der Waals surface area contributed by atoms with Crippen molar-refractivity contribution in [1.29, 1.82) is 0 Å². The Morgan fingerprint density at radius 1 is 0.767 bits per heavy atom. The SMILES string of the molecule is C[N+](C)(Cc1ccc(C(F)(F)F)cc1)C(c1ccccc1)C(O)c1ccccc1.[Cl-]. The standard InChI is InChI=1S/C24H25F3NO.ClH/c1-28(2,17-18-13-15-21(16-14-18)24(25,26)27)22(19-9-5-3-6-10-19)23(29)20-11-7-4-8-12-20;/h3-16,22-23,29H,17H2,1-2H3;1H/q+1;/p-1. The van der Waals surface area contributed by atoms with Gasteiger partial charge in [0.15, 0.2) is 0 Å². The third-order valence-electron chi connectivity index (χ3n) is 5.21. The maximum Gasteiger partial charge on any atom is 0.416 e. The molecule has 0 heterocycles. The average Bonchev–Trinajstić information content (AvgIpc) is 2.69. The van der Waals surface area contributed by atoms with E-state index in [1.807, 2.05) is 74.8 Å². The van der Waals surface area contributed by atoms with Gasteiger partial charge >= 0.3 is 6.18 Å². The highest BCUT2D eigenvalue weighted by Gasteiger charge is 2.37. The molecule has 0 bridgehead atoms. The summed E-state index contributed by atoms with van der Waals surface area (Å²) in [5.41, 5.74) is 1.90. The fraction of sp³-hybridized carbons (Fsp3) is 0.250. The van der Waals surface area contributed by atoms with Crippen molar-refractivity contribution in [2.75, 3.05) is 14.1 Å². The van der Waals surface area contributed by atoms with Gasteiger partial charge in [-0.2, -0.15) is 13.2 Å². The summed E-state index contributed by atoms with van der Waals surface area (Å²) in [6.07, 6.45) is -5.11. The first kappa shape index (κ1) is 23.9. The lowest BCUT2D eigenvalue weighted by atomic mass is 9.92. The molecule has 2 nitrogen and oxygen atoms in total. The lowest BCUT2D eigenvalue weighted by molar-refractivity contribution is -0.938. The van der Waals surface area contributed by atoms with Crippen molar-refractivity contribution in [2.24, 2.45) is 0 Å². The maximum absolute atomic E-state index is 12.9. The summed E-state index contributed by atoms with van der Waals surface area (Å²) in [6.45, 7) is 0.474. The van der Waals surface area contributed by atoms with E-state index in [9.17, 15) is 18.3 Å². The number of benzene rings is 3. The Hall–Kier alpha value is -2.34. The van der Waals surface area contributed by atoms with Gasteiger partial charge in [-0.1, -0.05) is 72.8 Å². The smallest absolute Gasteiger partial charge is 0.416 e. The minimum atomic E-state index is -4.35.